The Morgan fingerprint density at radius 1 is 1.38 bits per heavy atom. The molecule has 0 fully saturated rings. The molecular formula is C9H12N2O5. The number of carbonyl (C=O) groups is 2. The zero-order valence-corrected chi connectivity index (χ0v) is 8.71. The lowest BCUT2D eigenvalue weighted by Gasteiger charge is -2.15. The standard InChI is InChI=1S/C9H12N2O5/c1-6-2-7(10-16-6)3-11(4-8(12)13)5-9(14)15/h2H,3-5H2,1H3,(H,12,13)(H,14,15). The molecule has 0 aliphatic carbocycles. The highest BCUT2D eigenvalue weighted by Gasteiger charge is 2.15. The zero-order chi connectivity index (χ0) is 12.1. The Labute approximate surface area is 91.3 Å². The van der Waals surface area contributed by atoms with Gasteiger partial charge in [-0.3, -0.25) is 14.5 Å². The van der Waals surface area contributed by atoms with Gasteiger partial charge in [0.15, 0.2) is 0 Å². The van der Waals surface area contributed by atoms with Crippen molar-refractivity contribution < 1.29 is 24.3 Å². The van der Waals surface area contributed by atoms with Crippen LogP contribution in [0.4, 0.5) is 0 Å². The normalized spacial score (nSPS) is 10.6. The van der Waals surface area contributed by atoms with Gasteiger partial charge in [-0.1, -0.05) is 5.16 Å². The molecular weight excluding hydrogens is 216 g/mol. The molecule has 0 spiro atoms. The highest BCUT2D eigenvalue weighted by molar-refractivity contribution is 5.72. The molecule has 0 bridgehead atoms. The summed E-state index contributed by atoms with van der Waals surface area (Å²) in [6.45, 7) is 1.14. The first-order valence-electron chi connectivity index (χ1n) is 4.55. The number of nitrogens with zero attached hydrogens (tertiary/aromatic N) is 2. The molecule has 0 radical (unpaired) electrons. The summed E-state index contributed by atoms with van der Waals surface area (Å²) in [6.07, 6.45) is 0. The topological polar surface area (TPSA) is 104 Å². The number of carboxylic acids is 2. The third kappa shape index (κ3) is 4.09. The lowest BCUT2D eigenvalue weighted by Crippen LogP contribution is -2.34. The van der Waals surface area contributed by atoms with Gasteiger partial charge in [0.2, 0.25) is 0 Å². The molecule has 1 aromatic rings. The maximum absolute atomic E-state index is 10.5. The van der Waals surface area contributed by atoms with Crippen LogP contribution < -0.4 is 0 Å². The van der Waals surface area contributed by atoms with E-state index in [4.69, 9.17) is 14.7 Å². The van der Waals surface area contributed by atoms with Gasteiger partial charge in [-0.25, -0.2) is 0 Å². The van der Waals surface area contributed by atoms with Gasteiger partial charge in [0.25, 0.3) is 0 Å². The minimum absolute atomic E-state index is 0.135. The summed E-state index contributed by atoms with van der Waals surface area (Å²) in [7, 11) is 0. The quantitative estimate of drug-likeness (QED) is 0.703. The predicted molar refractivity (Wildman–Crippen MR) is 51.8 cm³/mol. The highest BCUT2D eigenvalue weighted by atomic mass is 16.5. The smallest absolute Gasteiger partial charge is 0.317 e. The first-order chi connectivity index (χ1) is 7.47. The molecule has 0 atom stereocenters. The average Bonchev–Trinajstić information content (AvgIpc) is 2.48. The lowest BCUT2D eigenvalue weighted by molar-refractivity contribution is -0.142. The molecule has 0 aliphatic heterocycles. The van der Waals surface area contributed by atoms with Gasteiger partial charge in [0, 0.05) is 12.6 Å². The molecule has 1 heterocycles. The summed E-state index contributed by atoms with van der Waals surface area (Å²) in [6, 6.07) is 1.64. The van der Waals surface area contributed by atoms with Crippen LogP contribution in [0, 0.1) is 6.92 Å². The fourth-order valence-corrected chi connectivity index (χ4v) is 1.27. The lowest BCUT2D eigenvalue weighted by atomic mass is 10.3. The molecule has 16 heavy (non-hydrogen) atoms. The molecule has 0 aromatic carbocycles. The third-order valence-corrected chi connectivity index (χ3v) is 1.78. The minimum Gasteiger partial charge on any atom is -0.480 e. The van der Waals surface area contributed by atoms with E-state index in [1.165, 1.54) is 4.90 Å². The van der Waals surface area contributed by atoms with Gasteiger partial charge >= 0.3 is 11.9 Å². The molecule has 2 N–H and O–H groups in total. The van der Waals surface area contributed by atoms with E-state index in [-0.39, 0.29) is 19.6 Å². The number of aliphatic carboxylic acids is 2. The van der Waals surface area contributed by atoms with Crippen LogP contribution in [-0.4, -0.2) is 45.3 Å². The van der Waals surface area contributed by atoms with E-state index in [0.29, 0.717) is 11.5 Å². The van der Waals surface area contributed by atoms with Crippen LogP contribution in [0.3, 0.4) is 0 Å². The second-order valence-electron chi connectivity index (χ2n) is 3.36. The van der Waals surface area contributed by atoms with Crippen molar-refractivity contribution >= 4 is 11.9 Å². The second-order valence-corrected chi connectivity index (χ2v) is 3.36. The van der Waals surface area contributed by atoms with Gasteiger partial charge in [-0.05, 0) is 6.92 Å². The Hall–Kier alpha value is -1.89. The van der Waals surface area contributed by atoms with Crippen LogP contribution in [0.25, 0.3) is 0 Å². The van der Waals surface area contributed by atoms with Gasteiger partial charge < -0.3 is 14.7 Å². The molecule has 0 saturated carbocycles. The van der Waals surface area contributed by atoms with Gasteiger partial charge in [-0.2, -0.15) is 0 Å². The largest absolute Gasteiger partial charge is 0.480 e. The van der Waals surface area contributed by atoms with E-state index in [1.54, 1.807) is 13.0 Å². The van der Waals surface area contributed by atoms with Crippen molar-refractivity contribution in [2.24, 2.45) is 0 Å². The molecule has 0 aliphatic rings. The van der Waals surface area contributed by atoms with Crippen LogP contribution >= 0.6 is 0 Å². The molecule has 1 aromatic heterocycles. The molecule has 0 saturated heterocycles. The predicted octanol–water partition coefficient (Wildman–Crippen LogP) is -0.0458. The Bertz CT molecular complexity index is 371. The number of hydrogen-bond donors (Lipinski definition) is 2. The van der Waals surface area contributed by atoms with E-state index in [2.05, 4.69) is 5.16 Å². The number of aromatic nitrogens is 1. The Morgan fingerprint density at radius 3 is 2.31 bits per heavy atom. The Morgan fingerprint density at radius 2 is 1.94 bits per heavy atom. The summed E-state index contributed by atoms with van der Waals surface area (Å²) in [5.41, 5.74) is 0.514. The SMILES string of the molecule is Cc1cc(CN(CC(=O)O)CC(=O)O)no1. The molecule has 1 rings (SSSR count). The van der Waals surface area contributed by atoms with Crippen molar-refractivity contribution in [1.29, 1.82) is 0 Å². The number of rotatable bonds is 6. The van der Waals surface area contributed by atoms with Crippen molar-refractivity contribution in [3.05, 3.63) is 17.5 Å². The molecule has 0 unspecified atom stereocenters. The number of carboxylic acid groups (broad SMARTS) is 2. The highest BCUT2D eigenvalue weighted by Crippen LogP contribution is 2.05. The number of hydrogen-bond acceptors (Lipinski definition) is 5. The van der Waals surface area contributed by atoms with Crippen molar-refractivity contribution in [3.63, 3.8) is 0 Å². The fourth-order valence-electron chi connectivity index (χ4n) is 1.27. The maximum atomic E-state index is 10.5. The number of aryl methyl sites for hydroxylation is 1. The van der Waals surface area contributed by atoms with E-state index < -0.39 is 11.9 Å². The van der Waals surface area contributed by atoms with Gasteiger partial charge in [0.1, 0.15) is 5.76 Å². The molecule has 7 heteroatoms. The second kappa shape index (κ2) is 5.26. The van der Waals surface area contributed by atoms with Crippen molar-refractivity contribution in [2.75, 3.05) is 13.1 Å². The van der Waals surface area contributed by atoms with Crippen molar-refractivity contribution in [3.8, 4) is 0 Å². The molecule has 0 amide bonds. The fraction of sp³-hybridized carbons (Fsp3) is 0.444. The van der Waals surface area contributed by atoms with E-state index >= 15 is 0 Å². The maximum Gasteiger partial charge on any atom is 0.317 e. The van der Waals surface area contributed by atoms with E-state index in [0.717, 1.165) is 0 Å². The average molecular weight is 228 g/mol. The first-order valence-corrected chi connectivity index (χ1v) is 4.55. The van der Waals surface area contributed by atoms with Crippen LogP contribution in [0.2, 0.25) is 0 Å². The van der Waals surface area contributed by atoms with Gasteiger partial charge in [0.05, 0.1) is 18.8 Å². The summed E-state index contributed by atoms with van der Waals surface area (Å²) in [4.78, 5) is 22.3. The van der Waals surface area contributed by atoms with Crippen LogP contribution in [-0.2, 0) is 16.1 Å². The monoisotopic (exact) mass is 228 g/mol. The summed E-state index contributed by atoms with van der Waals surface area (Å²) in [5.74, 6) is -1.57. The van der Waals surface area contributed by atoms with E-state index in [1.807, 2.05) is 0 Å². The third-order valence-electron chi connectivity index (χ3n) is 1.78. The first kappa shape index (κ1) is 12.2. The Kier molecular flexibility index (Phi) is 4.01. The molecule has 7 nitrogen and oxygen atoms in total. The van der Waals surface area contributed by atoms with Crippen molar-refractivity contribution in [1.82, 2.24) is 10.1 Å². The summed E-state index contributed by atoms with van der Waals surface area (Å²) < 4.78 is 4.80. The van der Waals surface area contributed by atoms with Crippen LogP contribution in [0.15, 0.2) is 10.6 Å². The van der Waals surface area contributed by atoms with Crippen LogP contribution in [0.5, 0.6) is 0 Å². The van der Waals surface area contributed by atoms with Crippen molar-refractivity contribution in [2.45, 2.75) is 13.5 Å². The molecule has 88 valence electrons. The van der Waals surface area contributed by atoms with Crippen LogP contribution in [0.1, 0.15) is 11.5 Å². The summed E-state index contributed by atoms with van der Waals surface area (Å²) >= 11 is 0. The van der Waals surface area contributed by atoms with Gasteiger partial charge in [-0.15, -0.1) is 0 Å². The zero-order valence-electron chi connectivity index (χ0n) is 8.71. The Balaban J connectivity index is 2.62. The minimum atomic E-state index is -1.08. The summed E-state index contributed by atoms with van der Waals surface area (Å²) in [5, 5.41) is 20.9. The van der Waals surface area contributed by atoms with E-state index in [9.17, 15) is 9.59 Å².